The zero-order chi connectivity index (χ0) is 12.0. The maximum Gasteiger partial charge on any atom is 0.134 e. The molecule has 0 saturated heterocycles. The van der Waals surface area contributed by atoms with E-state index in [9.17, 15) is 0 Å². The molecule has 0 fully saturated rings. The second-order valence-electron chi connectivity index (χ2n) is 2.90. The van der Waals surface area contributed by atoms with E-state index in [0.29, 0.717) is 10.0 Å². The first-order valence-corrected chi connectivity index (χ1v) is 5.24. The van der Waals surface area contributed by atoms with Crippen molar-refractivity contribution in [3.63, 3.8) is 0 Å². The summed E-state index contributed by atoms with van der Waals surface area (Å²) in [7, 11) is 0. The van der Waals surface area contributed by atoms with E-state index in [0.717, 1.165) is 0 Å². The first kappa shape index (κ1) is 23.2. The van der Waals surface area contributed by atoms with Gasteiger partial charge in [-0.05, 0) is 24.3 Å². The molecule has 2 aromatic carbocycles. The number of phenols is 2. The Kier molecular flexibility index (Phi) is 14.8. The van der Waals surface area contributed by atoms with Crippen LogP contribution in [0.4, 0.5) is 0 Å². The molecular formula is C12H14Cl2CoO4. The van der Waals surface area contributed by atoms with Crippen molar-refractivity contribution in [1.29, 1.82) is 0 Å². The van der Waals surface area contributed by atoms with E-state index in [1.165, 1.54) is 0 Å². The fourth-order valence-corrected chi connectivity index (χ4v) is 1.17. The van der Waals surface area contributed by atoms with Crippen LogP contribution in [-0.2, 0) is 16.8 Å². The summed E-state index contributed by atoms with van der Waals surface area (Å²) < 4.78 is 0. The third kappa shape index (κ3) is 8.71. The minimum Gasteiger partial charge on any atom is -0.506 e. The van der Waals surface area contributed by atoms with Gasteiger partial charge in [-0.3, -0.25) is 0 Å². The molecule has 1 radical (unpaired) electrons. The first-order chi connectivity index (χ1) is 7.61. The fraction of sp³-hybridized carbons (Fsp3) is 0. The van der Waals surface area contributed by atoms with Crippen LogP contribution >= 0.6 is 23.2 Å². The Morgan fingerprint density at radius 1 is 0.632 bits per heavy atom. The van der Waals surface area contributed by atoms with Crippen molar-refractivity contribution >= 4 is 23.2 Å². The number of rotatable bonds is 0. The molecule has 2 aromatic rings. The monoisotopic (exact) mass is 351 g/mol. The average molecular weight is 352 g/mol. The Morgan fingerprint density at radius 3 is 1.05 bits per heavy atom. The van der Waals surface area contributed by atoms with E-state index in [4.69, 9.17) is 33.4 Å². The summed E-state index contributed by atoms with van der Waals surface area (Å²) in [4.78, 5) is 0. The Bertz CT molecular complexity index is 383. The number of phenolic OH excluding ortho intramolecular Hbond substituents is 2. The Morgan fingerprint density at radius 2 is 0.895 bits per heavy atom. The molecule has 0 bridgehead atoms. The van der Waals surface area contributed by atoms with Crippen LogP contribution in [0.15, 0.2) is 48.5 Å². The Labute approximate surface area is 131 Å². The molecule has 0 heterocycles. The van der Waals surface area contributed by atoms with Crippen LogP contribution < -0.4 is 0 Å². The smallest absolute Gasteiger partial charge is 0.134 e. The molecule has 4 nitrogen and oxygen atoms in total. The van der Waals surface area contributed by atoms with Crippen LogP contribution in [0.1, 0.15) is 0 Å². The molecule has 0 aliphatic carbocycles. The van der Waals surface area contributed by atoms with Crippen molar-refractivity contribution < 1.29 is 37.9 Å². The second kappa shape index (κ2) is 12.1. The summed E-state index contributed by atoms with van der Waals surface area (Å²) in [6.07, 6.45) is 0. The van der Waals surface area contributed by atoms with Gasteiger partial charge in [-0.15, -0.1) is 0 Å². The number of aromatic hydroxyl groups is 2. The van der Waals surface area contributed by atoms with Gasteiger partial charge in [0.1, 0.15) is 11.5 Å². The van der Waals surface area contributed by atoms with Crippen molar-refractivity contribution in [3.05, 3.63) is 58.6 Å². The topological polar surface area (TPSA) is 103 Å². The second-order valence-corrected chi connectivity index (χ2v) is 3.72. The van der Waals surface area contributed by atoms with Crippen molar-refractivity contribution in [2.24, 2.45) is 0 Å². The van der Waals surface area contributed by atoms with Crippen LogP contribution in [0.25, 0.3) is 0 Å². The maximum atomic E-state index is 8.79. The summed E-state index contributed by atoms with van der Waals surface area (Å²) in [6, 6.07) is 13.3. The summed E-state index contributed by atoms with van der Waals surface area (Å²) in [6.45, 7) is 0. The third-order valence-electron chi connectivity index (χ3n) is 1.70. The van der Waals surface area contributed by atoms with Crippen molar-refractivity contribution in [2.75, 3.05) is 0 Å². The third-order valence-corrected chi connectivity index (χ3v) is 2.34. The van der Waals surface area contributed by atoms with Gasteiger partial charge in [-0.1, -0.05) is 47.5 Å². The van der Waals surface area contributed by atoms with E-state index in [1.807, 2.05) is 0 Å². The molecule has 109 valence electrons. The molecule has 0 saturated carbocycles. The molecule has 0 unspecified atom stereocenters. The zero-order valence-electron chi connectivity index (χ0n) is 9.60. The van der Waals surface area contributed by atoms with Gasteiger partial charge in [0, 0.05) is 16.8 Å². The van der Waals surface area contributed by atoms with Crippen LogP contribution in [-0.4, -0.2) is 21.2 Å². The predicted molar refractivity (Wildman–Crippen MR) is 73.5 cm³/mol. The standard InChI is InChI=1S/2C6H5ClO.Co.2H2O/c2*7-5-3-1-2-4-6(5)8;;;/h2*1-4,8H;;2*1H2. The van der Waals surface area contributed by atoms with Gasteiger partial charge in [-0.25, -0.2) is 0 Å². The Hall–Kier alpha value is -0.954. The van der Waals surface area contributed by atoms with Crippen LogP contribution in [0.3, 0.4) is 0 Å². The molecule has 6 N–H and O–H groups in total. The van der Waals surface area contributed by atoms with Crippen LogP contribution in [0.2, 0.25) is 10.0 Å². The van der Waals surface area contributed by atoms with Gasteiger partial charge in [0.15, 0.2) is 0 Å². The van der Waals surface area contributed by atoms with Crippen LogP contribution in [0.5, 0.6) is 11.5 Å². The van der Waals surface area contributed by atoms with Gasteiger partial charge >= 0.3 is 0 Å². The molecule has 0 aliphatic rings. The number of halogens is 2. The molecular weight excluding hydrogens is 338 g/mol. The van der Waals surface area contributed by atoms with E-state index >= 15 is 0 Å². The van der Waals surface area contributed by atoms with Gasteiger partial charge in [0.2, 0.25) is 0 Å². The molecule has 7 heteroatoms. The number of hydrogen-bond donors (Lipinski definition) is 2. The van der Waals surface area contributed by atoms with Gasteiger partial charge in [0.25, 0.3) is 0 Å². The summed E-state index contributed by atoms with van der Waals surface area (Å²) in [5.41, 5.74) is 0. The quantitative estimate of drug-likeness (QED) is 0.760. The largest absolute Gasteiger partial charge is 0.506 e. The minimum atomic E-state index is 0. The van der Waals surface area contributed by atoms with E-state index < -0.39 is 0 Å². The van der Waals surface area contributed by atoms with Crippen molar-refractivity contribution in [1.82, 2.24) is 0 Å². The van der Waals surface area contributed by atoms with Gasteiger partial charge in [0.05, 0.1) is 10.0 Å². The zero-order valence-corrected chi connectivity index (χ0v) is 12.2. The van der Waals surface area contributed by atoms with E-state index in [-0.39, 0.29) is 39.2 Å². The number of hydrogen-bond acceptors (Lipinski definition) is 2. The molecule has 2 rings (SSSR count). The number of para-hydroxylation sites is 2. The molecule has 0 aliphatic heterocycles. The summed E-state index contributed by atoms with van der Waals surface area (Å²) in [5, 5.41) is 18.4. The van der Waals surface area contributed by atoms with E-state index in [1.54, 1.807) is 48.5 Å². The van der Waals surface area contributed by atoms with Gasteiger partial charge < -0.3 is 21.2 Å². The van der Waals surface area contributed by atoms with Gasteiger partial charge in [-0.2, -0.15) is 0 Å². The molecule has 19 heavy (non-hydrogen) atoms. The van der Waals surface area contributed by atoms with Crippen molar-refractivity contribution in [2.45, 2.75) is 0 Å². The average Bonchev–Trinajstić information content (AvgIpc) is 2.28. The van der Waals surface area contributed by atoms with Crippen LogP contribution in [0, 0.1) is 0 Å². The maximum absolute atomic E-state index is 8.79. The minimum absolute atomic E-state index is 0. The molecule has 0 spiro atoms. The molecule has 0 atom stereocenters. The SMILES string of the molecule is O.O.Oc1ccccc1Cl.Oc1ccccc1Cl.[Co]. The number of benzene rings is 2. The summed E-state index contributed by atoms with van der Waals surface area (Å²) in [5.74, 6) is 0.267. The van der Waals surface area contributed by atoms with E-state index in [2.05, 4.69) is 0 Å². The summed E-state index contributed by atoms with van der Waals surface area (Å²) >= 11 is 10.9. The first-order valence-electron chi connectivity index (χ1n) is 4.48. The normalized spacial score (nSPS) is 7.68. The Balaban J connectivity index is -0.000000233. The molecule has 0 aromatic heterocycles. The molecule has 0 amide bonds. The van der Waals surface area contributed by atoms with Crippen molar-refractivity contribution in [3.8, 4) is 11.5 Å². The predicted octanol–water partition coefficient (Wildman–Crippen LogP) is 2.44. The fourth-order valence-electron chi connectivity index (χ4n) is 0.903.